The van der Waals surface area contributed by atoms with Crippen LogP contribution in [0.3, 0.4) is 0 Å². The number of aryl methyl sites for hydroxylation is 1. The van der Waals surface area contributed by atoms with Crippen LogP contribution in [0.4, 0.5) is 17.2 Å². The highest BCUT2D eigenvalue weighted by Gasteiger charge is 1.98. The summed E-state index contributed by atoms with van der Waals surface area (Å²) in [6, 6.07) is 3.85. The summed E-state index contributed by atoms with van der Waals surface area (Å²) in [5.74, 6) is 0.837. The molecule has 2 N–H and O–H groups in total. The Morgan fingerprint density at radius 1 is 1.33 bits per heavy atom. The maximum absolute atomic E-state index is 4.13. The zero-order chi connectivity index (χ0) is 10.7. The molecule has 0 aliphatic heterocycles. The summed E-state index contributed by atoms with van der Waals surface area (Å²) in [7, 11) is 3.73. The molecule has 0 aliphatic rings. The summed E-state index contributed by atoms with van der Waals surface area (Å²) in [5.41, 5.74) is 1.95. The first kappa shape index (κ1) is 9.51. The van der Waals surface area contributed by atoms with Crippen LogP contribution in [0.1, 0.15) is 0 Å². The van der Waals surface area contributed by atoms with Gasteiger partial charge in [-0.25, -0.2) is 4.98 Å². The number of anilines is 3. The highest BCUT2D eigenvalue weighted by atomic mass is 15.3. The van der Waals surface area contributed by atoms with Crippen LogP contribution >= 0.6 is 0 Å². The number of aromatic nitrogens is 3. The maximum atomic E-state index is 4.13. The standard InChI is InChI=1S/C10H13N5/c1-11-10-5-8(3-4-12-10)14-9-6-13-15(2)7-9/h3-7H,1-2H3,(H2,11,12,14). The van der Waals surface area contributed by atoms with E-state index in [2.05, 4.69) is 20.7 Å². The van der Waals surface area contributed by atoms with Crippen molar-refractivity contribution in [2.75, 3.05) is 17.7 Å². The molecule has 0 saturated heterocycles. The zero-order valence-electron chi connectivity index (χ0n) is 8.73. The molecule has 0 fully saturated rings. The Morgan fingerprint density at radius 3 is 2.87 bits per heavy atom. The number of hydrogen-bond donors (Lipinski definition) is 2. The van der Waals surface area contributed by atoms with Crippen molar-refractivity contribution in [1.29, 1.82) is 0 Å². The normalized spacial score (nSPS) is 10.0. The Labute approximate surface area is 88.1 Å². The van der Waals surface area contributed by atoms with Crippen LogP contribution in [0.15, 0.2) is 30.7 Å². The van der Waals surface area contributed by atoms with Gasteiger partial charge >= 0.3 is 0 Å². The molecule has 0 bridgehead atoms. The first-order valence-electron chi connectivity index (χ1n) is 4.67. The first-order valence-corrected chi connectivity index (χ1v) is 4.67. The second-order valence-electron chi connectivity index (χ2n) is 3.21. The molecule has 2 aromatic rings. The lowest BCUT2D eigenvalue weighted by Gasteiger charge is -2.04. The lowest BCUT2D eigenvalue weighted by molar-refractivity contribution is 0.768. The van der Waals surface area contributed by atoms with Crippen molar-refractivity contribution < 1.29 is 0 Å². The van der Waals surface area contributed by atoms with E-state index < -0.39 is 0 Å². The van der Waals surface area contributed by atoms with E-state index in [0.717, 1.165) is 17.2 Å². The van der Waals surface area contributed by atoms with Gasteiger partial charge in [0.1, 0.15) is 5.82 Å². The van der Waals surface area contributed by atoms with E-state index in [4.69, 9.17) is 0 Å². The van der Waals surface area contributed by atoms with Gasteiger partial charge in [0.05, 0.1) is 11.9 Å². The molecule has 15 heavy (non-hydrogen) atoms. The minimum atomic E-state index is 0.837. The zero-order valence-corrected chi connectivity index (χ0v) is 8.73. The third kappa shape index (κ3) is 2.25. The lowest BCUT2D eigenvalue weighted by Crippen LogP contribution is -1.94. The molecule has 5 nitrogen and oxygen atoms in total. The van der Waals surface area contributed by atoms with E-state index in [-0.39, 0.29) is 0 Å². The topological polar surface area (TPSA) is 54.8 Å². The summed E-state index contributed by atoms with van der Waals surface area (Å²) in [5, 5.41) is 10.3. The molecule has 0 aromatic carbocycles. The van der Waals surface area contributed by atoms with Crippen LogP contribution in [-0.4, -0.2) is 21.8 Å². The van der Waals surface area contributed by atoms with E-state index in [1.807, 2.05) is 32.4 Å². The second kappa shape index (κ2) is 4.00. The Hall–Kier alpha value is -2.04. The summed E-state index contributed by atoms with van der Waals surface area (Å²) < 4.78 is 1.75. The second-order valence-corrected chi connectivity index (χ2v) is 3.21. The first-order chi connectivity index (χ1) is 7.28. The molecular formula is C10H13N5. The monoisotopic (exact) mass is 203 g/mol. The molecule has 0 amide bonds. The van der Waals surface area contributed by atoms with Crippen molar-refractivity contribution in [2.45, 2.75) is 0 Å². The number of nitrogens with zero attached hydrogens (tertiary/aromatic N) is 3. The molecule has 0 saturated carbocycles. The van der Waals surface area contributed by atoms with Crippen LogP contribution in [-0.2, 0) is 7.05 Å². The molecule has 5 heteroatoms. The van der Waals surface area contributed by atoms with Crippen molar-refractivity contribution in [3.05, 3.63) is 30.7 Å². The molecule has 0 aliphatic carbocycles. The van der Waals surface area contributed by atoms with Crippen molar-refractivity contribution in [2.24, 2.45) is 7.05 Å². The van der Waals surface area contributed by atoms with Gasteiger partial charge in [-0.1, -0.05) is 0 Å². The van der Waals surface area contributed by atoms with Crippen LogP contribution in [0.2, 0.25) is 0 Å². The molecular weight excluding hydrogens is 190 g/mol. The number of hydrogen-bond acceptors (Lipinski definition) is 4. The smallest absolute Gasteiger partial charge is 0.127 e. The van der Waals surface area contributed by atoms with Gasteiger partial charge in [-0.3, -0.25) is 4.68 Å². The summed E-state index contributed by atoms with van der Waals surface area (Å²) >= 11 is 0. The average Bonchev–Trinajstić information content (AvgIpc) is 2.64. The molecule has 0 spiro atoms. The fourth-order valence-corrected chi connectivity index (χ4v) is 1.30. The van der Waals surface area contributed by atoms with Crippen LogP contribution in [0, 0.1) is 0 Å². The van der Waals surface area contributed by atoms with Gasteiger partial charge in [0, 0.05) is 38.2 Å². The van der Waals surface area contributed by atoms with Gasteiger partial charge in [0.2, 0.25) is 0 Å². The van der Waals surface area contributed by atoms with Crippen molar-refractivity contribution in [3.63, 3.8) is 0 Å². The summed E-state index contributed by atoms with van der Waals surface area (Å²) in [4.78, 5) is 4.13. The molecule has 0 radical (unpaired) electrons. The van der Waals surface area contributed by atoms with E-state index in [1.165, 1.54) is 0 Å². The third-order valence-electron chi connectivity index (χ3n) is 2.01. The molecule has 0 atom stereocenters. The molecule has 2 heterocycles. The van der Waals surface area contributed by atoms with Gasteiger partial charge in [-0.05, 0) is 6.07 Å². The molecule has 2 rings (SSSR count). The third-order valence-corrected chi connectivity index (χ3v) is 2.01. The average molecular weight is 203 g/mol. The minimum Gasteiger partial charge on any atom is -0.373 e. The van der Waals surface area contributed by atoms with Gasteiger partial charge in [0.15, 0.2) is 0 Å². The Balaban J connectivity index is 2.16. The van der Waals surface area contributed by atoms with Gasteiger partial charge in [-0.2, -0.15) is 5.10 Å². The predicted octanol–water partition coefficient (Wildman–Crippen LogP) is 1.60. The SMILES string of the molecule is CNc1cc(Nc2cnn(C)c2)ccn1. The van der Waals surface area contributed by atoms with Gasteiger partial charge in [0.25, 0.3) is 0 Å². The highest BCUT2D eigenvalue weighted by molar-refractivity contribution is 5.61. The fourth-order valence-electron chi connectivity index (χ4n) is 1.30. The predicted molar refractivity (Wildman–Crippen MR) is 60.3 cm³/mol. The lowest BCUT2D eigenvalue weighted by atomic mass is 10.3. The highest BCUT2D eigenvalue weighted by Crippen LogP contribution is 2.17. The quantitative estimate of drug-likeness (QED) is 0.795. The van der Waals surface area contributed by atoms with Crippen molar-refractivity contribution in [1.82, 2.24) is 14.8 Å². The van der Waals surface area contributed by atoms with Crippen LogP contribution in [0.25, 0.3) is 0 Å². The maximum Gasteiger partial charge on any atom is 0.127 e. The van der Waals surface area contributed by atoms with E-state index >= 15 is 0 Å². The van der Waals surface area contributed by atoms with Crippen LogP contribution < -0.4 is 10.6 Å². The summed E-state index contributed by atoms with van der Waals surface area (Å²) in [6.07, 6.45) is 5.45. The van der Waals surface area contributed by atoms with E-state index in [1.54, 1.807) is 17.1 Å². The summed E-state index contributed by atoms with van der Waals surface area (Å²) in [6.45, 7) is 0. The number of rotatable bonds is 3. The largest absolute Gasteiger partial charge is 0.373 e. The van der Waals surface area contributed by atoms with Crippen LogP contribution in [0.5, 0.6) is 0 Å². The van der Waals surface area contributed by atoms with E-state index in [9.17, 15) is 0 Å². The Bertz CT molecular complexity index is 449. The number of pyridine rings is 1. The van der Waals surface area contributed by atoms with Gasteiger partial charge in [-0.15, -0.1) is 0 Å². The Morgan fingerprint density at radius 2 is 2.20 bits per heavy atom. The Kier molecular flexibility index (Phi) is 2.53. The van der Waals surface area contributed by atoms with Gasteiger partial charge < -0.3 is 10.6 Å². The van der Waals surface area contributed by atoms with Crippen molar-refractivity contribution >= 4 is 17.2 Å². The van der Waals surface area contributed by atoms with E-state index in [0.29, 0.717) is 0 Å². The fraction of sp³-hybridized carbons (Fsp3) is 0.200. The minimum absolute atomic E-state index is 0.837. The number of nitrogens with one attached hydrogen (secondary N) is 2. The van der Waals surface area contributed by atoms with Crippen molar-refractivity contribution in [3.8, 4) is 0 Å². The molecule has 78 valence electrons. The molecule has 0 unspecified atom stereocenters. The molecule has 2 aromatic heterocycles.